The van der Waals surface area contributed by atoms with E-state index in [-0.39, 0.29) is 11.5 Å². The van der Waals surface area contributed by atoms with Crippen LogP contribution in [0.5, 0.6) is 5.75 Å². The van der Waals surface area contributed by atoms with Gasteiger partial charge in [-0.25, -0.2) is 0 Å². The summed E-state index contributed by atoms with van der Waals surface area (Å²) < 4.78 is 7.85. The summed E-state index contributed by atoms with van der Waals surface area (Å²) >= 11 is 5.63. The van der Waals surface area contributed by atoms with Gasteiger partial charge < -0.3 is 15.0 Å². The Morgan fingerprint density at radius 2 is 1.94 bits per heavy atom. The number of carbonyl (C=O) groups excluding carboxylic acids is 1. The summed E-state index contributed by atoms with van der Waals surface area (Å²) in [5.74, 6) is 0.371. The zero-order valence-corrected chi connectivity index (χ0v) is 21.9. The number of hydrogen-bond acceptors (Lipinski definition) is 3. The minimum Gasteiger partial charge on any atom is -0.488 e. The highest BCUT2D eigenvalue weighted by Crippen LogP contribution is 2.25. The Morgan fingerprint density at radius 3 is 2.71 bits per heavy atom. The normalized spacial score (nSPS) is 11.3. The van der Waals surface area contributed by atoms with E-state index in [1.165, 1.54) is 0 Å². The number of aromatic amines is 1. The summed E-state index contributed by atoms with van der Waals surface area (Å²) in [4.78, 5) is 15.8. The Hall–Kier alpha value is -3.09. The van der Waals surface area contributed by atoms with E-state index in [2.05, 4.69) is 54.9 Å². The van der Waals surface area contributed by atoms with Crippen LogP contribution in [0.4, 0.5) is 0 Å². The lowest BCUT2D eigenvalue weighted by molar-refractivity contribution is -0.117. The third-order valence-corrected chi connectivity index (χ3v) is 6.67. The lowest BCUT2D eigenvalue weighted by atomic mass is 10.1. The van der Waals surface area contributed by atoms with E-state index in [4.69, 9.17) is 4.74 Å². The highest BCUT2D eigenvalue weighted by molar-refractivity contribution is 14.1. The summed E-state index contributed by atoms with van der Waals surface area (Å²) in [5, 5.41) is 13.5. The van der Waals surface area contributed by atoms with Gasteiger partial charge in [0, 0.05) is 28.1 Å². The smallest absolute Gasteiger partial charge is 0.261 e. The summed E-state index contributed by atoms with van der Waals surface area (Å²) in [5.41, 5.74) is 4.10. The first kappa shape index (κ1) is 24.0. The molecule has 0 radical (unpaired) electrons. The second-order valence-corrected chi connectivity index (χ2v) is 9.72. The Balaban J connectivity index is 1.36. The number of rotatable bonds is 8. The number of nitrogens with zero attached hydrogens (tertiary/aromatic N) is 1. The molecule has 0 aliphatic carbocycles. The van der Waals surface area contributed by atoms with Crippen molar-refractivity contribution < 1.29 is 9.53 Å². The fourth-order valence-electron chi connectivity index (χ4n) is 3.53. The van der Waals surface area contributed by atoms with Gasteiger partial charge in [-0.1, -0.05) is 52.3 Å². The molecule has 34 heavy (non-hydrogen) atoms. The average molecular weight is 626 g/mol. The molecule has 3 aromatic carbocycles. The molecule has 1 aromatic heterocycles. The first-order chi connectivity index (χ1) is 16.5. The standard InChI is InChI=1S/C27H21BrIN3O2/c28-22-8-5-18(6-9-22)17-34-26-10-7-19(14-24(26)29)13-21(15-30)27(33)31-12-11-20-16-32-25-4-2-1-3-23(20)25/h1-10,13-14,16,32H,11-12,17H2,(H,31,33)/b21-13-. The zero-order valence-electron chi connectivity index (χ0n) is 18.1. The van der Waals surface area contributed by atoms with Crippen molar-refractivity contribution in [2.45, 2.75) is 13.0 Å². The van der Waals surface area contributed by atoms with E-state index in [1.807, 2.05) is 72.9 Å². The van der Waals surface area contributed by atoms with Crippen molar-refractivity contribution in [3.8, 4) is 11.8 Å². The number of ether oxygens (including phenoxy) is 1. The number of aromatic nitrogens is 1. The maximum atomic E-state index is 12.6. The fraction of sp³-hybridized carbons (Fsp3) is 0.111. The largest absolute Gasteiger partial charge is 0.488 e. The minimum absolute atomic E-state index is 0.0678. The molecule has 0 spiro atoms. The van der Waals surface area contributed by atoms with Crippen LogP contribution in [0.1, 0.15) is 16.7 Å². The second-order valence-electron chi connectivity index (χ2n) is 7.64. The third-order valence-electron chi connectivity index (χ3n) is 5.29. The molecule has 2 N–H and O–H groups in total. The molecule has 170 valence electrons. The molecule has 0 bridgehead atoms. The van der Waals surface area contributed by atoms with Crippen LogP contribution in [-0.4, -0.2) is 17.4 Å². The third kappa shape index (κ3) is 6.07. The molecule has 4 aromatic rings. The summed E-state index contributed by atoms with van der Waals surface area (Å²) in [6.45, 7) is 0.904. The molecular formula is C27H21BrIN3O2. The number of nitriles is 1. The van der Waals surface area contributed by atoms with Gasteiger partial charge in [0.15, 0.2) is 0 Å². The number of amides is 1. The summed E-state index contributed by atoms with van der Waals surface area (Å²) in [7, 11) is 0. The van der Waals surface area contributed by atoms with Crippen LogP contribution in [0.15, 0.2) is 83.0 Å². The van der Waals surface area contributed by atoms with Crippen LogP contribution < -0.4 is 10.1 Å². The molecule has 0 aliphatic rings. The summed E-state index contributed by atoms with van der Waals surface area (Å²) in [6.07, 6.45) is 4.23. The highest BCUT2D eigenvalue weighted by Gasteiger charge is 2.11. The Kier molecular flexibility index (Phi) is 8.03. The van der Waals surface area contributed by atoms with Crippen molar-refractivity contribution >= 4 is 61.4 Å². The van der Waals surface area contributed by atoms with Gasteiger partial charge in [0.2, 0.25) is 0 Å². The van der Waals surface area contributed by atoms with E-state index in [1.54, 1.807) is 6.08 Å². The van der Waals surface area contributed by atoms with Crippen molar-refractivity contribution in [1.82, 2.24) is 10.3 Å². The number of carbonyl (C=O) groups is 1. The van der Waals surface area contributed by atoms with Gasteiger partial charge in [0.05, 0.1) is 3.57 Å². The van der Waals surface area contributed by atoms with E-state index in [0.717, 1.165) is 41.4 Å². The predicted octanol–water partition coefficient (Wildman–Crippen LogP) is 6.38. The van der Waals surface area contributed by atoms with Crippen LogP contribution in [-0.2, 0) is 17.8 Å². The Labute approximate surface area is 220 Å². The van der Waals surface area contributed by atoms with Crippen molar-refractivity contribution in [3.05, 3.63) is 103 Å². The summed E-state index contributed by atoms with van der Waals surface area (Å²) in [6, 6.07) is 23.6. The van der Waals surface area contributed by atoms with Crippen LogP contribution >= 0.6 is 38.5 Å². The van der Waals surface area contributed by atoms with E-state index >= 15 is 0 Å². The molecule has 0 fully saturated rings. The number of hydrogen-bond donors (Lipinski definition) is 2. The quantitative estimate of drug-likeness (QED) is 0.136. The monoisotopic (exact) mass is 625 g/mol. The lowest BCUT2D eigenvalue weighted by Gasteiger charge is -2.09. The number of nitrogens with one attached hydrogen (secondary N) is 2. The van der Waals surface area contributed by atoms with Gasteiger partial charge in [-0.15, -0.1) is 0 Å². The number of halogens is 2. The first-order valence-electron chi connectivity index (χ1n) is 10.7. The van der Waals surface area contributed by atoms with Crippen molar-refractivity contribution in [2.75, 3.05) is 6.54 Å². The van der Waals surface area contributed by atoms with Gasteiger partial charge in [0.1, 0.15) is 24.0 Å². The van der Waals surface area contributed by atoms with Crippen LogP contribution in [0.25, 0.3) is 17.0 Å². The number of H-pyrrole nitrogens is 1. The molecule has 1 amide bonds. The topological polar surface area (TPSA) is 77.9 Å². The SMILES string of the molecule is N#C/C(=C/c1ccc(OCc2ccc(Br)cc2)c(I)c1)C(=O)NCCc1c[nH]c2ccccc12. The van der Waals surface area contributed by atoms with Crippen LogP contribution in [0.3, 0.4) is 0 Å². The fourth-order valence-corrected chi connectivity index (χ4v) is 4.48. The lowest BCUT2D eigenvalue weighted by Crippen LogP contribution is -2.26. The molecule has 5 nitrogen and oxygen atoms in total. The van der Waals surface area contributed by atoms with Gasteiger partial charge >= 0.3 is 0 Å². The molecule has 0 atom stereocenters. The van der Waals surface area contributed by atoms with Crippen molar-refractivity contribution in [1.29, 1.82) is 5.26 Å². The average Bonchev–Trinajstić information content (AvgIpc) is 3.26. The number of fused-ring (bicyclic) bond motifs is 1. The molecule has 0 aliphatic heterocycles. The van der Waals surface area contributed by atoms with Crippen molar-refractivity contribution in [2.24, 2.45) is 0 Å². The van der Waals surface area contributed by atoms with Gasteiger partial charge in [0.25, 0.3) is 5.91 Å². The van der Waals surface area contributed by atoms with E-state index in [9.17, 15) is 10.1 Å². The Morgan fingerprint density at radius 1 is 1.15 bits per heavy atom. The molecule has 1 heterocycles. The Bertz CT molecular complexity index is 1390. The number of benzene rings is 3. The van der Waals surface area contributed by atoms with Crippen LogP contribution in [0, 0.1) is 14.9 Å². The molecule has 0 saturated heterocycles. The maximum absolute atomic E-state index is 12.6. The van der Waals surface area contributed by atoms with Gasteiger partial charge in [-0.3, -0.25) is 4.79 Å². The molecule has 7 heteroatoms. The first-order valence-corrected chi connectivity index (χ1v) is 12.5. The highest BCUT2D eigenvalue weighted by atomic mass is 127. The second kappa shape index (κ2) is 11.4. The maximum Gasteiger partial charge on any atom is 0.261 e. The van der Waals surface area contributed by atoms with E-state index < -0.39 is 0 Å². The zero-order chi connectivity index (χ0) is 23.9. The minimum atomic E-state index is -0.382. The molecule has 0 saturated carbocycles. The molecule has 0 unspecified atom stereocenters. The van der Waals surface area contributed by atoms with Gasteiger partial charge in [-0.2, -0.15) is 5.26 Å². The van der Waals surface area contributed by atoms with Gasteiger partial charge in [-0.05, 0) is 82.1 Å². The van der Waals surface area contributed by atoms with Crippen molar-refractivity contribution in [3.63, 3.8) is 0 Å². The number of para-hydroxylation sites is 1. The van der Waals surface area contributed by atoms with E-state index in [0.29, 0.717) is 19.6 Å². The predicted molar refractivity (Wildman–Crippen MR) is 146 cm³/mol. The molecule has 4 rings (SSSR count). The van der Waals surface area contributed by atoms with Crippen LogP contribution in [0.2, 0.25) is 0 Å². The molecular weight excluding hydrogens is 605 g/mol.